The van der Waals surface area contributed by atoms with Gasteiger partial charge in [0.15, 0.2) is 0 Å². The number of fused-ring (bicyclic) bond motifs is 1. The molecule has 0 aliphatic carbocycles. The third kappa shape index (κ3) is 5.36. The number of carboxylic acid groups (broad SMARTS) is 1. The highest BCUT2D eigenvalue weighted by atomic mass is 32.2. The van der Waals surface area contributed by atoms with Crippen LogP contribution < -0.4 is 5.32 Å². The molecule has 1 aliphatic heterocycles. The number of rotatable bonds is 8. The lowest BCUT2D eigenvalue weighted by Gasteiger charge is -2.24. The molecule has 2 N–H and O–H groups in total. The predicted octanol–water partition coefficient (Wildman–Crippen LogP) is 3.57. The molecule has 3 nitrogen and oxygen atoms in total. The van der Waals surface area contributed by atoms with Gasteiger partial charge in [-0.25, -0.2) is 0 Å². The maximum atomic E-state index is 10.6. The summed E-state index contributed by atoms with van der Waals surface area (Å²) in [5, 5.41) is 12.9. The van der Waals surface area contributed by atoms with Gasteiger partial charge in [0.1, 0.15) is 0 Å². The third-order valence-electron chi connectivity index (χ3n) is 4.08. The Morgan fingerprint density at radius 1 is 1.38 bits per heavy atom. The first-order valence-corrected chi connectivity index (χ1v) is 8.51. The van der Waals surface area contributed by atoms with Gasteiger partial charge in [0.05, 0.1) is 0 Å². The van der Waals surface area contributed by atoms with E-state index < -0.39 is 5.97 Å². The number of thioether (sulfide) groups is 1. The van der Waals surface area contributed by atoms with E-state index in [9.17, 15) is 4.79 Å². The Balaban J connectivity index is 1.64. The molecule has 0 amide bonds. The first-order valence-electron chi connectivity index (χ1n) is 7.63. The SMILES string of the molecule is CC(C)(CCNCC1Cc2ccccc2S1)CCC(=O)O. The summed E-state index contributed by atoms with van der Waals surface area (Å²) in [6, 6.07) is 8.64. The smallest absolute Gasteiger partial charge is 0.303 e. The number of carbonyl (C=O) groups is 1. The van der Waals surface area contributed by atoms with E-state index in [0.29, 0.717) is 5.25 Å². The average Bonchev–Trinajstić information content (AvgIpc) is 2.84. The van der Waals surface area contributed by atoms with E-state index in [1.54, 1.807) is 0 Å². The van der Waals surface area contributed by atoms with Gasteiger partial charge in [-0.3, -0.25) is 4.79 Å². The normalized spacial score (nSPS) is 17.7. The number of aliphatic carboxylic acids is 1. The number of hydrogen-bond acceptors (Lipinski definition) is 3. The number of benzene rings is 1. The van der Waals surface area contributed by atoms with E-state index in [4.69, 9.17) is 5.11 Å². The van der Waals surface area contributed by atoms with Crippen molar-refractivity contribution in [3.63, 3.8) is 0 Å². The van der Waals surface area contributed by atoms with Crippen LogP contribution in [0.2, 0.25) is 0 Å². The van der Waals surface area contributed by atoms with Crippen LogP contribution in [0.25, 0.3) is 0 Å². The van der Waals surface area contributed by atoms with Crippen molar-refractivity contribution < 1.29 is 9.90 Å². The highest BCUT2D eigenvalue weighted by Crippen LogP contribution is 2.36. The summed E-state index contributed by atoms with van der Waals surface area (Å²) >= 11 is 1.97. The predicted molar refractivity (Wildman–Crippen MR) is 87.9 cm³/mol. The minimum Gasteiger partial charge on any atom is -0.481 e. The van der Waals surface area contributed by atoms with E-state index in [1.165, 1.54) is 10.5 Å². The number of hydrogen-bond donors (Lipinski definition) is 2. The van der Waals surface area contributed by atoms with Gasteiger partial charge >= 0.3 is 5.97 Å². The van der Waals surface area contributed by atoms with Crippen LogP contribution in [0.1, 0.15) is 38.7 Å². The Morgan fingerprint density at radius 3 is 2.86 bits per heavy atom. The monoisotopic (exact) mass is 307 g/mol. The Bertz CT molecular complexity index is 462. The maximum absolute atomic E-state index is 10.6. The zero-order valence-electron chi connectivity index (χ0n) is 12.9. The van der Waals surface area contributed by atoms with Crippen molar-refractivity contribution in [2.24, 2.45) is 5.41 Å². The number of nitrogens with one attached hydrogen (secondary N) is 1. The van der Waals surface area contributed by atoms with Crippen molar-refractivity contribution in [1.82, 2.24) is 5.32 Å². The maximum Gasteiger partial charge on any atom is 0.303 e. The fraction of sp³-hybridized carbons (Fsp3) is 0.588. The van der Waals surface area contributed by atoms with Gasteiger partial charge in [0.2, 0.25) is 0 Å². The van der Waals surface area contributed by atoms with Gasteiger partial charge in [-0.1, -0.05) is 32.0 Å². The van der Waals surface area contributed by atoms with Crippen molar-refractivity contribution in [3.8, 4) is 0 Å². The molecule has 1 heterocycles. The molecule has 0 saturated carbocycles. The van der Waals surface area contributed by atoms with E-state index >= 15 is 0 Å². The molecule has 0 aromatic heterocycles. The van der Waals surface area contributed by atoms with Crippen LogP contribution in [0.15, 0.2) is 29.2 Å². The first-order chi connectivity index (χ1) is 9.96. The summed E-state index contributed by atoms with van der Waals surface area (Å²) in [5.41, 5.74) is 1.56. The molecular formula is C17H25NO2S. The molecule has 1 atom stereocenters. The minimum absolute atomic E-state index is 0.0944. The topological polar surface area (TPSA) is 49.3 Å². The van der Waals surface area contributed by atoms with Crippen LogP contribution in [0.4, 0.5) is 0 Å². The fourth-order valence-corrected chi connectivity index (χ4v) is 3.91. The second kappa shape index (κ2) is 7.32. The van der Waals surface area contributed by atoms with Gasteiger partial charge in [0.25, 0.3) is 0 Å². The summed E-state index contributed by atoms with van der Waals surface area (Å²) in [6.45, 7) is 6.28. The Labute approximate surface area is 131 Å². The summed E-state index contributed by atoms with van der Waals surface area (Å²) in [4.78, 5) is 12.1. The van der Waals surface area contributed by atoms with Crippen molar-refractivity contribution in [1.29, 1.82) is 0 Å². The first kappa shape index (κ1) is 16.4. The van der Waals surface area contributed by atoms with Crippen molar-refractivity contribution in [3.05, 3.63) is 29.8 Å². The molecule has 2 rings (SSSR count). The highest BCUT2D eigenvalue weighted by molar-refractivity contribution is 8.00. The molecule has 1 aliphatic rings. The molecule has 4 heteroatoms. The molecule has 1 aromatic rings. The molecule has 0 bridgehead atoms. The van der Waals surface area contributed by atoms with Crippen LogP contribution in [-0.4, -0.2) is 29.4 Å². The minimum atomic E-state index is -0.698. The molecule has 1 unspecified atom stereocenters. The standard InChI is InChI=1S/C17H25NO2S/c1-17(2,8-7-16(19)20)9-10-18-12-14-11-13-5-3-4-6-15(13)21-14/h3-6,14,18H,7-12H2,1-2H3,(H,19,20). The van der Waals surface area contributed by atoms with Crippen molar-refractivity contribution in [2.75, 3.05) is 13.1 Å². The molecule has 21 heavy (non-hydrogen) atoms. The van der Waals surface area contributed by atoms with Crippen molar-refractivity contribution >= 4 is 17.7 Å². The van der Waals surface area contributed by atoms with Gasteiger partial charge in [-0.2, -0.15) is 0 Å². The lowest BCUT2D eigenvalue weighted by Crippen LogP contribution is -2.28. The lowest BCUT2D eigenvalue weighted by molar-refractivity contribution is -0.137. The number of carboxylic acids is 1. The Kier molecular flexibility index (Phi) is 5.71. The Hall–Kier alpha value is -1.00. The average molecular weight is 307 g/mol. The van der Waals surface area contributed by atoms with E-state index in [2.05, 4.69) is 43.4 Å². The second-order valence-corrected chi connectivity index (χ2v) is 7.91. The van der Waals surface area contributed by atoms with Crippen LogP contribution in [-0.2, 0) is 11.2 Å². The zero-order valence-corrected chi connectivity index (χ0v) is 13.7. The zero-order chi connectivity index (χ0) is 15.3. The van der Waals surface area contributed by atoms with Crippen LogP contribution in [0, 0.1) is 5.41 Å². The summed E-state index contributed by atoms with van der Waals surface area (Å²) in [6.07, 6.45) is 3.18. The second-order valence-electron chi connectivity index (χ2n) is 6.56. The summed E-state index contributed by atoms with van der Waals surface area (Å²) in [5.74, 6) is -0.698. The summed E-state index contributed by atoms with van der Waals surface area (Å²) in [7, 11) is 0. The summed E-state index contributed by atoms with van der Waals surface area (Å²) < 4.78 is 0. The van der Waals surface area contributed by atoms with Crippen LogP contribution in [0.5, 0.6) is 0 Å². The molecule has 0 spiro atoms. The Morgan fingerprint density at radius 2 is 2.14 bits per heavy atom. The molecule has 0 saturated heterocycles. The van der Waals surface area contributed by atoms with Gasteiger partial charge < -0.3 is 10.4 Å². The third-order valence-corrected chi connectivity index (χ3v) is 5.40. The lowest BCUT2D eigenvalue weighted by atomic mass is 9.84. The quantitative estimate of drug-likeness (QED) is 0.721. The van der Waals surface area contributed by atoms with Crippen LogP contribution in [0.3, 0.4) is 0 Å². The molecule has 0 radical (unpaired) electrons. The largest absolute Gasteiger partial charge is 0.481 e. The van der Waals surface area contributed by atoms with Crippen LogP contribution >= 0.6 is 11.8 Å². The molecule has 116 valence electrons. The van der Waals surface area contributed by atoms with Crippen molar-refractivity contribution in [2.45, 2.75) is 49.7 Å². The van der Waals surface area contributed by atoms with E-state index in [0.717, 1.165) is 32.4 Å². The molecule has 1 aromatic carbocycles. The van der Waals surface area contributed by atoms with E-state index in [-0.39, 0.29) is 11.8 Å². The molecule has 0 fully saturated rings. The van der Waals surface area contributed by atoms with Gasteiger partial charge in [-0.15, -0.1) is 11.8 Å². The van der Waals surface area contributed by atoms with Gasteiger partial charge in [-0.05, 0) is 42.9 Å². The van der Waals surface area contributed by atoms with E-state index in [1.807, 2.05) is 11.8 Å². The fourth-order valence-electron chi connectivity index (χ4n) is 2.63. The van der Waals surface area contributed by atoms with Gasteiger partial charge in [0, 0.05) is 23.1 Å². The molecular weight excluding hydrogens is 282 g/mol. The highest BCUT2D eigenvalue weighted by Gasteiger charge is 2.22.